The molecule has 0 amide bonds. The minimum atomic E-state index is -4.51. The zero-order valence-electron chi connectivity index (χ0n) is 19.8. The highest BCUT2D eigenvalue weighted by Gasteiger charge is 2.56. The summed E-state index contributed by atoms with van der Waals surface area (Å²) < 4.78 is 48.0. The first-order chi connectivity index (χ1) is 16.9. The van der Waals surface area contributed by atoms with Gasteiger partial charge >= 0.3 is 16.4 Å². The summed E-state index contributed by atoms with van der Waals surface area (Å²) in [4.78, 5) is 11.3. The molecule has 0 unspecified atom stereocenters. The second kappa shape index (κ2) is 9.19. The highest BCUT2D eigenvalue weighted by atomic mass is 32.3. The van der Waals surface area contributed by atoms with E-state index in [2.05, 4.69) is 6.92 Å². The number of ether oxygens (including phenoxy) is 2. The molecule has 10 atom stereocenters. The highest BCUT2D eigenvalue weighted by Crippen LogP contribution is 2.61. The fourth-order valence-corrected chi connectivity index (χ4v) is 7.78. The summed E-state index contributed by atoms with van der Waals surface area (Å²) in [5, 5.41) is 39.4. The van der Waals surface area contributed by atoms with E-state index in [1.165, 1.54) is 5.56 Å². The average Bonchev–Trinajstić information content (AvgIpc) is 3.13. The molecular weight excluding hydrogens is 496 g/mol. The van der Waals surface area contributed by atoms with Crippen LogP contribution in [0.5, 0.6) is 5.75 Å². The topological polar surface area (TPSA) is 180 Å². The van der Waals surface area contributed by atoms with Gasteiger partial charge in [-0.1, -0.05) is 13.0 Å². The van der Waals surface area contributed by atoms with Crippen molar-refractivity contribution in [2.75, 3.05) is 0 Å². The molecular formula is C24H32O11S. The number of carbonyl (C=O) groups is 1. The summed E-state index contributed by atoms with van der Waals surface area (Å²) >= 11 is 0. The van der Waals surface area contributed by atoms with Crippen LogP contribution in [-0.2, 0) is 30.5 Å². The van der Waals surface area contributed by atoms with Crippen LogP contribution in [0.4, 0.5) is 0 Å². The third-order valence-corrected chi connectivity index (χ3v) is 9.39. The van der Waals surface area contributed by atoms with Crippen molar-refractivity contribution in [1.29, 1.82) is 0 Å². The monoisotopic (exact) mass is 528 g/mol. The van der Waals surface area contributed by atoms with Crippen molar-refractivity contribution in [3.8, 4) is 5.75 Å². The van der Waals surface area contributed by atoms with Gasteiger partial charge in [0.1, 0.15) is 24.1 Å². The maximum absolute atomic E-state index is 11.4. The molecule has 200 valence electrons. The van der Waals surface area contributed by atoms with Crippen molar-refractivity contribution in [3.63, 3.8) is 0 Å². The van der Waals surface area contributed by atoms with Crippen LogP contribution in [-0.4, -0.2) is 76.2 Å². The van der Waals surface area contributed by atoms with Crippen molar-refractivity contribution >= 4 is 16.4 Å². The van der Waals surface area contributed by atoms with Gasteiger partial charge in [0.25, 0.3) is 0 Å². The third-order valence-electron chi connectivity index (χ3n) is 8.91. The average molecular weight is 529 g/mol. The van der Waals surface area contributed by atoms with Gasteiger partial charge in [0.05, 0.1) is 6.10 Å². The van der Waals surface area contributed by atoms with Crippen LogP contribution in [0.15, 0.2) is 18.2 Å². The summed E-state index contributed by atoms with van der Waals surface area (Å²) in [5.41, 5.74) is 1.93. The second-order valence-electron chi connectivity index (χ2n) is 10.8. The molecule has 1 aliphatic heterocycles. The van der Waals surface area contributed by atoms with E-state index < -0.39 is 53.2 Å². The molecule has 1 aromatic rings. The van der Waals surface area contributed by atoms with Crippen molar-refractivity contribution in [2.24, 2.45) is 17.3 Å². The Hall–Kier alpha value is -1.80. The van der Waals surface area contributed by atoms with Crippen molar-refractivity contribution in [2.45, 2.75) is 88.2 Å². The lowest BCUT2D eigenvalue weighted by atomic mass is 9.55. The van der Waals surface area contributed by atoms with Crippen molar-refractivity contribution < 1.29 is 51.8 Å². The number of aliphatic hydroxyl groups excluding tert-OH is 3. The fraction of sp³-hybridized carbons (Fsp3) is 0.708. The molecule has 0 bridgehead atoms. The summed E-state index contributed by atoms with van der Waals surface area (Å²) in [6.07, 6.45) is -4.17. The lowest BCUT2D eigenvalue weighted by Crippen LogP contribution is -2.61. The van der Waals surface area contributed by atoms with Crippen molar-refractivity contribution in [1.82, 2.24) is 0 Å². The summed E-state index contributed by atoms with van der Waals surface area (Å²) in [5.74, 6) is -0.200. The number of aryl methyl sites for hydroxylation is 1. The normalized spacial score (nSPS) is 42.2. The van der Waals surface area contributed by atoms with E-state index >= 15 is 0 Å². The summed E-state index contributed by atoms with van der Waals surface area (Å²) in [6.45, 7) is 2.06. The lowest BCUT2D eigenvalue weighted by molar-refractivity contribution is -0.271. The maximum atomic E-state index is 11.4. The zero-order valence-corrected chi connectivity index (χ0v) is 20.6. The van der Waals surface area contributed by atoms with Gasteiger partial charge in [-0.05, 0) is 85.0 Å². The van der Waals surface area contributed by atoms with E-state index in [4.69, 9.17) is 13.7 Å². The van der Waals surface area contributed by atoms with Gasteiger partial charge in [0.15, 0.2) is 6.10 Å². The van der Waals surface area contributed by atoms with E-state index in [0.29, 0.717) is 18.1 Å². The molecule has 0 aromatic heterocycles. The van der Waals surface area contributed by atoms with Gasteiger partial charge in [-0.2, -0.15) is 8.42 Å². The number of carboxylic acid groups (broad SMARTS) is 1. The Balaban J connectivity index is 1.32. The van der Waals surface area contributed by atoms with Gasteiger partial charge in [-0.25, -0.2) is 8.98 Å². The molecule has 5 rings (SSSR count). The lowest BCUT2D eigenvalue weighted by Gasteiger charge is -2.50. The van der Waals surface area contributed by atoms with E-state index in [1.807, 2.05) is 12.1 Å². The Morgan fingerprint density at radius 2 is 1.83 bits per heavy atom. The Morgan fingerprint density at radius 1 is 1.08 bits per heavy atom. The molecule has 1 saturated heterocycles. The SMILES string of the molecule is C[C@@]12CC[C@H]3c4ccc(O[C@H]5O[C@@H](C(=O)O)[C@H](O)[C@@H](O)[C@@H]5O)cc4CC[C@@H]3[C@@H]1CC[C@@H]2OS(=O)(=O)O. The largest absolute Gasteiger partial charge is 0.479 e. The predicted molar refractivity (Wildman–Crippen MR) is 122 cm³/mol. The van der Waals surface area contributed by atoms with Crippen LogP contribution in [0.2, 0.25) is 0 Å². The number of hydrogen-bond donors (Lipinski definition) is 5. The molecule has 36 heavy (non-hydrogen) atoms. The smallest absolute Gasteiger partial charge is 0.397 e. The van der Waals surface area contributed by atoms with Crippen LogP contribution in [0, 0.1) is 17.3 Å². The Bertz CT molecular complexity index is 1120. The molecule has 5 N–H and O–H groups in total. The summed E-state index contributed by atoms with van der Waals surface area (Å²) in [7, 11) is -4.51. The van der Waals surface area contributed by atoms with E-state index in [0.717, 1.165) is 37.7 Å². The predicted octanol–water partition coefficient (Wildman–Crippen LogP) is 1.00. The molecule has 1 heterocycles. The van der Waals surface area contributed by atoms with Gasteiger partial charge in [-0.15, -0.1) is 0 Å². The standard InChI is InChI=1S/C24H32O11S/c1-24-9-8-14-13-5-3-12(33-23-20(27)18(25)19(26)21(34-23)22(28)29)10-11(13)2-4-15(14)16(24)6-7-17(24)35-36(30,31)32/h3,5,10,14-21,23,25-27H,2,4,6-9H2,1H3,(H,28,29)(H,30,31,32)/t14-,15-,16-,17-,18+,19+,20-,21+,23-,24+/m0/s1. The van der Waals surface area contributed by atoms with Crippen LogP contribution < -0.4 is 4.74 Å². The first kappa shape index (κ1) is 25.8. The van der Waals surface area contributed by atoms with E-state index in [-0.39, 0.29) is 17.3 Å². The first-order valence-corrected chi connectivity index (χ1v) is 13.6. The number of hydrogen-bond acceptors (Lipinski definition) is 9. The van der Waals surface area contributed by atoms with E-state index in [9.17, 15) is 38.2 Å². The molecule has 3 aliphatic carbocycles. The maximum Gasteiger partial charge on any atom is 0.397 e. The van der Waals surface area contributed by atoms with Gasteiger partial charge in [-0.3, -0.25) is 4.55 Å². The van der Waals surface area contributed by atoms with Gasteiger partial charge in [0, 0.05) is 0 Å². The number of aliphatic hydroxyl groups is 3. The number of benzene rings is 1. The third kappa shape index (κ3) is 4.42. The molecule has 0 spiro atoms. The van der Waals surface area contributed by atoms with Crippen LogP contribution >= 0.6 is 0 Å². The molecule has 4 aliphatic rings. The van der Waals surface area contributed by atoms with Crippen LogP contribution in [0.3, 0.4) is 0 Å². The minimum Gasteiger partial charge on any atom is -0.479 e. The number of rotatable bonds is 5. The van der Waals surface area contributed by atoms with E-state index in [1.54, 1.807) is 6.07 Å². The highest BCUT2D eigenvalue weighted by molar-refractivity contribution is 7.80. The zero-order chi connectivity index (χ0) is 26.0. The molecule has 11 nitrogen and oxygen atoms in total. The number of aliphatic carboxylic acids is 1. The Morgan fingerprint density at radius 3 is 2.53 bits per heavy atom. The van der Waals surface area contributed by atoms with Crippen LogP contribution in [0.1, 0.15) is 56.1 Å². The second-order valence-corrected chi connectivity index (χ2v) is 11.8. The molecule has 2 saturated carbocycles. The molecule has 0 radical (unpaired) electrons. The number of carboxylic acids is 1. The van der Waals surface area contributed by atoms with Gasteiger partial charge in [0.2, 0.25) is 6.29 Å². The minimum absolute atomic E-state index is 0.277. The molecule has 12 heteroatoms. The van der Waals surface area contributed by atoms with Gasteiger partial charge < -0.3 is 29.9 Å². The fourth-order valence-electron chi connectivity index (χ4n) is 7.17. The first-order valence-electron chi connectivity index (χ1n) is 12.3. The number of fused-ring (bicyclic) bond motifs is 5. The Labute approximate surface area is 208 Å². The van der Waals surface area contributed by atoms with Crippen molar-refractivity contribution in [3.05, 3.63) is 29.3 Å². The Kier molecular flexibility index (Phi) is 6.60. The van der Waals surface area contributed by atoms with Crippen LogP contribution in [0.25, 0.3) is 0 Å². The summed E-state index contributed by atoms with van der Waals surface area (Å²) in [6, 6.07) is 5.51. The quantitative estimate of drug-likeness (QED) is 0.344. The molecule has 3 fully saturated rings. The molecule has 1 aromatic carbocycles.